The summed E-state index contributed by atoms with van der Waals surface area (Å²) in [6.45, 7) is 4.86. The molecule has 3 aromatic rings. The largest absolute Gasteiger partial charge is 0.460 e. The molecule has 28 heavy (non-hydrogen) atoms. The van der Waals surface area contributed by atoms with Crippen molar-refractivity contribution in [1.82, 2.24) is 0 Å². The van der Waals surface area contributed by atoms with E-state index in [1.165, 1.54) is 5.56 Å². The lowest BCUT2D eigenvalue weighted by Crippen LogP contribution is -2.26. The highest BCUT2D eigenvalue weighted by Crippen LogP contribution is 2.43. The van der Waals surface area contributed by atoms with Crippen molar-refractivity contribution in [3.8, 4) is 0 Å². The third-order valence-electron chi connectivity index (χ3n) is 5.91. The van der Waals surface area contributed by atoms with Crippen LogP contribution in [0.15, 0.2) is 40.8 Å². The van der Waals surface area contributed by atoms with Crippen molar-refractivity contribution < 1.29 is 14.0 Å². The fourth-order valence-electron chi connectivity index (χ4n) is 4.46. The van der Waals surface area contributed by atoms with Crippen LogP contribution in [0.5, 0.6) is 0 Å². The third kappa shape index (κ3) is 2.61. The van der Waals surface area contributed by atoms with Gasteiger partial charge in [-0.2, -0.15) is 0 Å². The zero-order valence-electron chi connectivity index (χ0n) is 16.0. The number of nitrogens with zero attached hydrogens (tertiary/aromatic N) is 1. The molecule has 1 fully saturated rings. The van der Waals surface area contributed by atoms with Crippen LogP contribution in [0.4, 0.5) is 11.4 Å². The second kappa shape index (κ2) is 6.23. The van der Waals surface area contributed by atoms with Gasteiger partial charge in [-0.15, -0.1) is 0 Å². The smallest absolute Gasteiger partial charge is 0.227 e. The van der Waals surface area contributed by atoms with Gasteiger partial charge in [0, 0.05) is 36.1 Å². The molecule has 1 N–H and O–H groups in total. The quantitative estimate of drug-likeness (QED) is 0.710. The third-order valence-corrected chi connectivity index (χ3v) is 5.91. The number of furan rings is 1. The van der Waals surface area contributed by atoms with E-state index >= 15 is 0 Å². The molecular formula is C23H22N2O3. The number of rotatable bonds is 2. The van der Waals surface area contributed by atoms with Crippen molar-refractivity contribution in [3.05, 3.63) is 58.8 Å². The van der Waals surface area contributed by atoms with E-state index < -0.39 is 0 Å². The lowest BCUT2D eigenvalue weighted by Gasteiger charge is -2.26. The molecule has 0 aliphatic carbocycles. The molecule has 0 spiro atoms. The lowest BCUT2D eigenvalue weighted by molar-refractivity contribution is -0.117. The van der Waals surface area contributed by atoms with Crippen LogP contribution in [-0.4, -0.2) is 18.4 Å². The van der Waals surface area contributed by atoms with E-state index in [4.69, 9.17) is 4.42 Å². The van der Waals surface area contributed by atoms with Crippen LogP contribution in [-0.2, 0) is 9.59 Å². The van der Waals surface area contributed by atoms with Crippen LogP contribution in [0.2, 0.25) is 0 Å². The lowest BCUT2D eigenvalue weighted by atomic mass is 9.86. The first-order valence-corrected chi connectivity index (χ1v) is 9.75. The highest BCUT2D eigenvalue weighted by molar-refractivity contribution is 5.99. The van der Waals surface area contributed by atoms with Crippen LogP contribution >= 0.6 is 0 Å². The number of aryl methyl sites for hydroxylation is 2. The number of hydrogen-bond donors (Lipinski definition) is 1. The second-order valence-electron chi connectivity index (χ2n) is 7.82. The van der Waals surface area contributed by atoms with Gasteiger partial charge >= 0.3 is 0 Å². The summed E-state index contributed by atoms with van der Waals surface area (Å²) in [5.41, 5.74) is 5.78. The Hall–Kier alpha value is -3.08. The molecule has 5 nitrogen and oxygen atoms in total. The summed E-state index contributed by atoms with van der Waals surface area (Å²) >= 11 is 0. The first-order chi connectivity index (χ1) is 13.5. The first kappa shape index (κ1) is 17.0. The van der Waals surface area contributed by atoms with E-state index in [9.17, 15) is 9.59 Å². The minimum absolute atomic E-state index is 0.0292. The number of amides is 2. The van der Waals surface area contributed by atoms with Crippen LogP contribution in [0.3, 0.4) is 0 Å². The molecule has 0 saturated carbocycles. The molecule has 5 heteroatoms. The van der Waals surface area contributed by atoms with Crippen LogP contribution in [0, 0.1) is 13.8 Å². The van der Waals surface area contributed by atoms with Gasteiger partial charge in [0.15, 0.2) is 0 Å². The van der Waals surface area contributed by atoms with Gasteiger partial charge < -0.3 is 14.6 Å². The van der Waals surface area contributed by atoms with E-state index in [-0.39, 0.29) is 17.7 Å². The molecule has 2 aliphatic rings. The van der Waals surface area contributed by atoms with Gasteiger partial charge in [0.05, 0.1) is 5.92 Å². The number of fused-ring (bicyclic) bond motifs is 2. The summed E-state index contributed by atoms with van der Waals surface area (Å²) < 4.78 is 6.20. The minimum atomic E-state index is -0.125. The van der Waals surface area contributed by atoms with Crippen molar-refractivity contribution in [2.24, 2.45) is 0 Å². The maximum absolute atomic E-state index is 12.5. The zero-order chi connectivity index (χ0) is 19.4. The van der Waals surface area contributed by atoms with E-state index in [2.05, 4.69) is 25.2 Å². The van der Waals surface area contributed by atoms with Gasteiger partial charge in [-0.1, -0.05) is 17.7 Å². The molecule has 0 bridgehead atoms. The van der Waals surface area contributed by atoms with Crippen molar-refractivity contribution in [2.75, 3.05) is 16.8 Å². The Morgan fingerprint density at radius 2 is 1.96 bits per heavy atom. The number of carbonyl (C=O) groups excluding carboxylic acids is 2. The summed E-state index contributed by atoms with van der Waals surface area (Å²) in [5, 5.41) is 4.08. The number of hydrogen-bond acceptors (Lipinski definition) is 3. The van der Waals surface area contributed by atoms with E-state index in [1.807, 2.05) is 30.3 Å². The SMILES string of the molecule is Cc1ccc2oc(C3CC(=O)Nc4cc(N5CCCC5=O)ccc43)c(C)c2c1. The summed E-state index contributed by atoms with van der Waals surface area (Å²) in [6, 6.07) is 12.1. The summed E-state index contributed by atoms with van der Waals surface area (Å²) in [5.74, 6) is 0.835. The zero-order valence-corrected chi connectivity index (χ0v) is 16.0. The van der Waals surface area contributed by atoms with Gasteiger partial charge in [-0.3, -0.25) is 9.59 Å². The van der Waals surface area contributed by atoms with Gasteiger partial charge in [-0.05, 0) is 55.7 Å². The van der Waals surface area contributed by atoms with Crippen LogP contribution in [0.25, 0.3) is 11.0 Å². The molecule has 3 heterocycles. The van der Waals surface area contributed by atoms with Crippen molar-refractivity contribution >= 4 is 34.2 Å². The molecule has 5 rings (SSSR count). The molecule has 1 atom stereocenters. The Kier molecular flexibility index (Phi) is 3.79. The first-order valence-electron chi connectivity index (χ1n) is 9.75. The molecule has 2 amide bonds. The minimum Gasteiger partial charge on any atom is -0.460 e. The molecule has 1 saturated heterocycles. The average molecular weight is 374 g/mol. The highest BCUT2D eigenvalue weighted by atomic mass is 16.3. The van der Waals surface area contributed by atoms with Crippen LogP contribution in [0.1, 0.15) is 47.6 Å². The van der Waals surface area contributed by atoms with E-state index in [0.29, 0.717) is 12.8 Å². The predicted molar refractivity (Wildman–Crippen MR) is 109 cm³/mol. The number of benzene rings is 2. The number of anilines is 2. The summed E-state index contributed by atoms with van der Waals surface area (Å²) in [6.07, 6.45) is 1.82. The topological polar surface area (TPSA) is 62.6 Å². The monoisotopic (exact) mass is 374 g/mol. The van der Waals surface area contributed by atoms with Crippen molar-refractivity contribution in [1.29, 1.82) is 0 Å². The average Bonchev–Trinajstić information content (AvgIpc) is 3.24. The summed E-state index contributed by atoms with van der Waals surface area (Å²) in [4.78, 5) is 26.3. The number of carbonyl (C=O) groups is 2. The Labute approximate surface area is 163 Å². The maximum atomic E-state index is 12.5. The number of nitrogens with one attached hydrogen (secondary N) is 1. The van der Waals surface area contributed by atoms with Gasteiger partial charge in [-0.25, -0.2) is 0 Å². The second-order valence-corrected chi connectivity index (χ2v) is 7.82. The fourth-order valence-corrected chi connectivity index (χ4v) is 4.46. The molecule has 142 valence electrons. The summed E-state index contributed by atoms with van der Waals surface area (Å²) in [7, 11) is 0. The molecule has 1 aromatic heterocycles. The highest BCUT2D eigenvalue weighted by Gasteiger charge is 2.32. The van der Waals surface area contributed by atoms with E-state index in [1.54, 1.807) is 4.90 Å². The van der Waals surface area contributed by atoms with Gasteiger partial charge in [0.1, 0.15) is 11.3 Å². The predicted octanol–water partition coefficient (Wildman–Crippen LogP) is 4.65. The molecule has 0 radical (unpaired) electrons. The normalized spacial score (nSPS) is 19.2. The standard InChI is InChI=1S/C23H22N2O3/c1-13-5-8-20-17(10-13)14(2)23(28-20)18-12-21(26)24-19-11-15(6-7-16(18)19)25-9-3-4-22(25)27/h5-8,10-11,18H,3-4,9,12H2,1-2H3,(H,24,26). The Morgan fingerprint density at radius 3 is 2.75 bits per heavy atom. The van der Waals surface area contributed by atoms with Crippen LogP contribution < -0.4 is 10.2 Å². The van der Waals surface area contributed by atoms with Crippen molar-refractivity contribution in [2.45, 2.75) is 39.0 Å². The fraction of sp³-hybridized carbons (Fsp3) is 0.304. The Morgan fingerprint density at radius 1 is 1.11 bits per heavy atom. The molecule has 2 aromatic carbocycles. The Bertz CT molecular complexity index is 1130. The molecule has 2 aliphatic heterocycles. The molecule has 1 unspecified atom stereocenters. The van der Waals surface area contributed by atoms with Gasteiger partial charge in [0.2, 0.25) is 11.8 Å². The van der Waals surface area contributed by atoms with Gasteiger partial charge in [0.25, 0.3) is 0 Å². The van der Waals surface area contributed by atoms with Crippen molar-refractivity contribution in [3.63, 3.8) is 0 Å². The van der Waals surface area contributed by atoms with E-state index in [0.717, 1.165) is 52.2 Å². The Balaban J connectivity index is 1.60. The maximum Gasteiger partial charge on any atom is 0.227 e. The molecular weight excluding hydrogens is 352 g/mol.